The van der Waals surface area contributed by atoms with Gasteiger partial charge in [-0.05, 0) is 42.5 Å². The largest absolute Gasteiger partial charge is 0.357 e. The highest BCUT2D eigenvalue weighted by Crippen LogP contribution is 2.42. The van der Waals surface area contributed by atoms with Gasteiger partial charge in [-0.1, -0.05) is 25.1 Å². The Morgan fingerprint density at radius 1 is 1.32 bits per heavy atom. The summed E-state index contributed by atoms with van der Waals surface area (Å²) >= 11 is 2.04. The molecular formula is C19H20N2S. The van der Waals surface area contributed by atoms with E-state index in [1.54, 1.807) is 20.9 Å². The lowest BCUT2D eigenvalue weighted by atomic mass is 9.89. The number of thiophene rings is 1. The molecule has 3 heteroatoms. The van der Waals surface area contributed by atoms with Crippen molar-refractivity contribution >= 4 is 22.2 Å². The molecule has 0 fully saturated rings. The maximum atomic E-state index is 3.65. The summed E-state index contributed by atoms with van der Waals surface area (Å²) in [7, 11) is 0. The summed E-state index contributed by atoms with van der Waals surface area (Å²) in [5.41, 5.74) is 5.90. The lowest BCUT2D eigenvalue weighted by Crippen LogP contribution is -2.38. The molecule has 2 aliphatic heterocycles. The van der Waals surface area contributed by atoms with Gasteiger partial charge in [-0.25, -0.2) is 0 Å². The van der Waals surface area contributed by atoms with E-state index in [4.69, 9.17) is 0 Å². The van der Waals surface area contributed by atoms with Crippen molar-refractivity contribution in [3.8, 4) is 0 Å². The van der Waals surface area contributed by atoms with Crippen LogP contribution in [0.15, 0.2) is 30.3 Å². The van der Waals surface area contributed by atoms with Crippen molar-refractivity contribution < 1.29 is 0 Å². The van der Waals surface area contributed by atoms with Crippen molar-refractivity contribution in [3.63, 3.8) is 0 Å². The van der Waals surface area contributed by atoms with Crippen LogP contribution in [-0.4, -0.2) is 16.4 Å². The molecular weight excluding hydrogens is 288 g/mol. The third-order valence-electron chi connectivity index (χ3n) is 5.33. The van der Waals surface area contributed by atoms with Gasteiger partial charge in [0.05, 0.1) is 0 Å². The summed E-state index contributed by atoms with van der Waals surface area (Å²) in [6, 6.07) is 11.8. The zero-order valence-corrected chi connectivity index (χ0v) is 13.7. The summed E-state index contributed by atoms with van der Waals surface area (Å²) in [5.74, 6) is 0. The fourth-order valence-electron chi connectivity index (χ4n) is 4.20. The Balaban J connectivity index is 1.63. The quantitative estimate of drug-likeness (QED) is 0.704. The molecule has 112 valence electrons. The topological polar surface area (TPSA) is 19.0 Å². The van der Waals surface area contributed by atoms with Crippen LogP contribution in [-0.2, 0) is 25.8 Å². The number of fused-ring (bicyclic) bond motifs is 6. The van der Waals surface area contributed by atoms with Gasteiger partial charge in [0.25, 0.3) is 0 Å². The minimum atomic E-state index is 0.590. The van der Waals surface area contributed by atoms with Crippen LogP contribution in [0.2, 0.25) is 0 Å². The minimum Gasteiger partial charge on any atom is -0.357 e. The molecule has 0 radical (unpaired) electrons. The highest BCUT2D eigenvalue weighted by atomic mass is 32.1. The van der Waals surface area contributed by atoms with E-state index in [0.717, 1.165) is 13.0 Å². The summed E-state index contributed by atoms with van der Waals surface area (Å²) in [6.45, 7) is 4.55. The molecule has 2 nitrogen and oxygen atoms in total. The van der Waals surface area contributed by atoms with E-state index in [0.29, 0.717) is 6.04 Å². The van der Waals surface area contributed by atoms with Crippen molar-refractivity contribution in [2.45, 2.75) is 38.8 Å². The first-order chi connectivity index (χ1) is 10.8. The molecule has 3 aromatic rings. The fraction of sp³-hybridized carbons (Fsp3) is 0.368. The summed E-state index contributed by atoms with van der Waals surface area (Å²) in [4.78, 5) is 9.52. The number of aromatic nitrogens is 1. The monoisotopic (exact) mass is 308 g/mol. The van der Waals surface area contributed by atoms with Gasteiger partial charge in [-0.2, -0.15) is 0 Å². The Kier molecular flexibility index (Phi) is 2.76. The van der Waals surface area contributed by atoms with Crippen LogP contribution < -0.4 is 0 Å². The van der Waals surface area contributed by atoms with E-state index in [9.17, 15) is 0 Å². The number of para-hydroxylation sites is 1. The van der Waals surface area contributed by atoms with E-state index in [1.807, 2.05) is 11.3 Å². The number of hydrogen-bond acceptors (Lipinski definition) is 2. The first-order valence-corrected chi connectivity index (χ1v) is 9.09. The number of nitrogens with one attached hydrogen (secondary N) is 1. The number of aryl methyl sites for hydroxylation is 1. The smallest absolute Gasteiger partial charge is 0.0459 e. The van der Waals surface area contributed by atoms with Crippen molar-refractivity contribution in [2.24, 2.45) is 0 Å². The predicted octanol–water partition coefficient (Wildman–Crippen LogP) is 4.45. The minimum absolute atomic E-state index is 0.590. The first-order valence-electron chi connectivity index (χ1n) is 8.27. The molecule has 0 amide bonds. The fourth-order valence-corrected chi connectivity index (χ4v) is 5.35. The molecule has 1 N–H and O–H groups in total. The van der Waals surface area contributed by atoms with Gasteiger partial charge in [0.2, 0.25) is 0 Å². The standard InChI is InChI=1S/C19H20N2S/c1-2-12-9-15-18-10-14-13-5-3-4-6-16(13)20-17(14)11-21(18)8-7-19(15)22-12/h3-6,9,18,20H,2,7-8,10-11H2,1H3/t18-/m0/s1. The number of rotatable bonds is 1. The van der Waals surface area contributed by atoms with Crippen molar-refractivity contribution in [1.82, 2.24) is 9.88 Å². The summed E-state index contributed by atoms with van der Waals surface area (Å²) in [5, 5.41) is 1.43. The molecule has 22 heavy (non-hydrogen) atoms. The van der Waals surface area contributed by atoms with Crippen molar-refractivity contribution in [2.75, 3.05) is 6.54 Å². The van der Waals surface area contributed by atoms with Gasteiger partial charge in [0.1, 0.15) is 0 Å². The van der Waals surface area contributed by atoms with Gasteiger partial charge in [0.15, 0.2) is 0 Å². The number of nitrogens with zero attached hydrogens (tertiary/aromatic N) is 1. The third kappa shape index (κ3) is 1.76. The maximum absolute atomic E-state index is 3.65. The van der Waals surface area contributed by atoms with Gasteiger partial charge >= 0.3 is 0 Å². The van der Waals surface area contributed by atoms with E-state index < -0.39 is 0 Å². The van der Waals surface area contributed by atoms with Gasteiger partial charge in [-0.15, -0.1) is 11.3 Å². The first kappa shape index (κ1) is 12.9. The van der Waals surface area contributed by atoms with E-state index >= 15 is 0 Å². The van der Waals surface area contributed by atoms with Crippen LogP contribution in [0.1, 0.15) is 39.5 Å². The molecule has 4 heterocycles. The molecule has 2 aliphatic rings. The predicted molar refractivity (Wildman–Crippen MR) is 92.6 cm³/mol. The Labute approximate surface area is 134 Å². The molecule has 0 saturated carbocycles. The second kappa shape index (κ2) is 4.71. The van der Waals surface area contributed by atoms with Crippen LogP contribution >= 0.6 is 11.3 Å². The second-order valence-electron chi connectivity index (χ2n) is 6.51. The number of hydrogen-bond donors (Lipinski definition) is 1. The lowest BCUT2D eigenvalue weighted by Gasteiger charge is -2.39. The highest BCUT2D eigenvalue weighted by molar-refractivity contribution is 7.12. The molecule has 0 spiro atoms. The van der Waals surface area contributed by atoms with Gasteiger partial charge in [0, 0.05) is 45.5 Å². The Hall–Kier alpha value is -1.58. The van der Waals surface area contributed by atoms with Crippen LogP contribution in [0.4, 0.5) is 0 Å². The molecule has 0 unspecified atom stereocenters. The van der Waals surface area contributed by atoms with Gasteiger partial charge < -0.3 is 4.98 Å². The van der Waals surface area contributed by atoms with Crippen LogP contribution in [0.3, 0.4) is 0 Å². The van der Waals surface area contributed by atoms with Crippen molar-refractivity contribution in [3.05, 3.63) is 56.9 Å². The molecule has 5 rings (SSSR count). The van der Waals surface area contributed by atoms with E-state index in [-0.39, 0.29) is 0 Å². The molecule has 1 aromatic carbocycles. The molecule has 1 atom stereocenters. The number of aromatic amines is 1. The molecule has 0 aliphatic carbocycles. The number of benzene rings is 1. The Morgan fingerprint density at radius 3 is 3.14 bits per heavy atom. The number of H-pyrrole nitrogens is 1. The normalized spacial score (nSPS) is 20.7. The van der Waals surface area contributed by atoms with E-state index in [2.05, 4.69) is 47.1 Å². The van der Waals surface area contributed by atoms with Crippen molar-refractivity contribution in [1.29, 1.82) is 0 Å². The average molecular weight is 308 g/mol. The van der Waals surface area contributed by atoms with Crippen LogP contribution in [0, 0.1) is 0 Å². The van der Waals surface area contributed by atoms with Gasteiger partial charge in [-0.3, -0.25) is 4.90 Å². The zero-order valence-electron chi connectivity index (χ0n) is 12.9. The van der Waals surface area contributed by atoms with Crippen LogP contribution in [0.5, 0.6) is 0 Å². The average Bonchev–Trinajstić information content (AvgIpc) is 3.13. The summed E-state index contributed by atoms with van der Waals surface area (Å²) in [6.07, 6.45) is 3.56. The third-order valence-corrected chi connectivity index (χ3v) is 6.68. The Bertz CT molecular complexity index is 858. The van der Waals surface area contributed by atoms with Crippen LogP contribution in [0.25, 0.3) is 10.9 Å². The lowest BCUT2D eigenvalue weighted by molar-refractivity contribution is 0.161. The molecule has 0 bridgehead atoms. The summed E-state index contributed by atoms with van der Waals surface area (Å²) < 4.78 is 0. The molecule has 0 saturated heterocycles. The highest BCUT2D eigenvalue weighted by Gasteiger charge is 2.34. The maximum Gasteiger partial charge on any atom is 0.0459 e. The molecule has 2 aromatic heterocycles. The Morgan fingerprint density at radius 2 is 2.23 bits per heavy atom. The SMILES string of the molecule is CCc1cc2c(s1)CCN1Cc3[nH]c4ccccc4c3C[C@@H]21. The zero-order chi connectivity index (χ0) is 14.7. The second-order valence-corrected chi connectivity index (χ2v) is 7.73. The van der Waals surface area contributed by atoms with E-state index in [1.165, 1.54) is 36.0 Å².